The van der Waals surface area contributed by atoms with E-state index in [2.05, 4.69) is 27.3 Å². The monoisotopic (exact) mass is 573 g/mol. The Kier molecular flexibility index (Phi) is 7.15. The normalized spacial score (nSPS) is 17.0. The molecule has 4 heterocycles. The lowest BCUT2D eigenvalue weighted by molar-refractivity contribution is 0.102. The number of piperidine rings is 1. The van der Waals surface area contributed by atoms with Crippen LogP contribution in [0.25, 0.3) is 22.5 Å². The lowest BCUT2D eigenvalue weighted by Gasteiger charge is -2.26. The highest BCUT2D eigenvalue weighted by Gasteiger charge is 2.29. The van der Waals surface area contributed by atoms with Crippen LogP contribution in [0.2, 0.25) is 0 Å². The van der Waals surface area contributed by atoms with Crippen molar-refractivity contribution < 1.29 is 4.79 Å². The summed E-state index contributed by atoms with van der Waals surface area (Å²) in [6.07, 6.45) is 13.2. The van der Waals surface area contributed by atoms with Crippen molar-refractivity contribution in [3.8, 4) is 28.6 Å². The minimum atomic E-state index is -0.435. The number of carbonyl (C=O) groups excluding carboxylic acids is 1. The van der Waals surface area contributed by atoms with E-state index >= 15 is 0 Å². The van der Waals surface area contributed by atoms with E-state index in [0.29, 0.717) is 17.3 Å². The standard InChI is InChI=1S/C34H35N7O2/c1-39-14-11-36-32(39)28-15-22(19-35)5-10-27(28)25-17-30(24-6-7-24)37-31(18-25)38-33(42)29-16-23(20-40-12-3-2-4-13-40)21-41(34(29)43)26-8-9-26/h5,10-11,14-18,21,24,26H,2-4,6-9,12-13,20H2,1H3,(H,37,38,42). The number of nitrogens with one attached hydrogen (secondary N) is 1. The summed E-state index contributed by atoms with van der Waals surface area (Å²) in [5.74, 6) is 1.06. The van der Waals surface area contributed by atoms with Gasteiger partial charge in [-0.05, 0) is 98.6 Å². The first kappa shape index (κ1) is 27.3. The summed E-state index contributed by atoms with van der Waals surface area (Å²) in [6.45, 7) is 2.82. The van der Waals surface area contributed by atoms with E-state index in [1.807, 2.05) is 42.2 Å². The van der Waals surface area contributed by atoms with Gasteiger partial charge in [-0.15, -0.1) is 0 Å². The molecule has 4 aromatic rings. The number of likely N-dealkylation sites (tertiary alicyclic amines) is 1. The van der Waals surface area contributed by atoms with Crippen molar-refractivity contribution in [1.82, 2.24) is 24.0 Å². The number of hydrogen-bond acceptors (Lipinski definition) is 6. The Bertz CT molecular complexity index is 1800. The quantitative estimate of drug-likeness (QED) is 0.293. The summed E-state index contributed by atoms with van der Waals surface area (Å²) >= 11 is 0. The number of anilines is 1. The summed E-state index contributed by atoms with van der Waals surface area (Å²) < 4.78 is 3.69. The van der Waals surface area contributed by atoms with Gasteiger partial charge in [0.15, 0.2) is 0 Å². The van der Waals surface area contributed by atoms with Crippen LogP contribution < -0.4 is 10.9 Å². The molecule has 1 amide bonds. The number of aryl methyl sites for hydroxylation is 1. The van der Waals surface area contributed by atoms with Crippen molar-refractivity contribution in [3.63, 3.8) is 0 Å². The van der Waals surface area contributed by atoms with Crippen molar-refractivity contribution in [1.29, 1.82) is 5.26 Å². The zero-order chi connectivity index (χ0) is 29.5. The van der Waals surface area contributed by atoms with E-state index in [9.17, 15) is 14.9 Å². The maximum atomic E-state index is 13.8. The molecule has 7 rings (SSSR count). The molecule has 0 bridgehead atoms. The largest absolute Gasteiger partial charge is 0.334 e. The van der Waals surface area contributed by atoms with Gasteiger partial charge < -0.3 is 14.5 Å². The second kappa shape index (κ2) is 11.3. The van der Waals surface area contributed by atoms with E-state index in [0.717, 1.165) is 79.1 Å². The summed E-state index contributed by atoms with van der Waals surface area (Å²) in [5, 5.41) is 12.6. The van der Waals surface area contributed by atoms with Gasteiger partial charge in [0, 0.05) is 55.4 Å². The zero-order valence-corrected chi connectivity index (χ0v) is 24.4. The van der Waals surface area contributed by atoms with E-state index < -0.39 is 5.91 Å². The first-order valence-corrected chi connectivity index (χ1v) is 15.3. The van der Waals surface area contributed by atoms with Crippen molar-refractivity contribution in [3.05, 3.63) is 87.7 Å². The molecular weight excluding hydrogens is 538 g/mol. The number of hydrogen-bond donors (Lipinski definition) is 1. The van der Waals surface area contributed by atoms with Gasteiger partial charge in [-0.25, -0.2) is 9.97 Å². The van der Waals surface area contributed by atoms with Crippen LogP contribution >= 0.6 is 0 Å². The van der Waals surface area contributed by atoms with Gasteiger partial charge in [-0.3, -0.25) is 14.5 Å². The predicted molar refractivity (Wildman–Crippen MR) is 165 cm³/mol. The SMILES string of the molecule is Cn1ccnc1-c1cc(C#N)ccc1-c1cc(NC(=O)c2cc(CN3CCCCC3)cn(C3CC3)c2=O)nc(C2CC2)c1. The number of nitriles is 1. The van der Waals surface area contributed by atoms with Crippen LogP contribution in [0, 0.1) is 11.3 Å². The van der Waals surface area contributed by atoms with Gasteiger partial charge in [0.25, 0.3) is 11.5 Å². The highest BCUT2D eigenvalue weighted by molar-refractivity contribution is 6.04. The van der Waals surface area contributed by atoms with Gasteiger partial charge in [0.2, 0.25) is 0 Å². The molecule has 1 N–H and O–H groups in total. The molecule has 9 nitrogen and oxygen atoms in total. The smallest absolute Gasteiger partial charge is 0.263 e. The minimum Gasteiger partial charge on any atom is -0.334 e. The highest BCUT2D eigenvalue weighted by Crippen LogP contribution is 2.42. The number of rotatable bonds is 8. The Hall–Kier alpha value is -4.55. The lowest BCUT2D eigenvalue weighted by Crippen LogP contribution is -2.32. The molecule has 3 aromatic heterocycles. The number of amides is 1. The van der Waals surface area contributed by atoms with Gasteiger partial charge in [0.05, 0.1) is 11.6 Å². The lowest BCUT2D eigenvalue weighted by atomic mass is 9.96. The Morgan fingerprint density at radius 3 is 2.56 bits per heavy atom. The van der Waals surface area contributed by atoms with Crippen LogP contribution in [0.15, 0.2) is 59.8 Å². The Morgan fingerprint density at radius 2 is 1.86 bits per heavy atom. The maximum Gasteiger partial charge on any atom is 0.263 e. The summed E-state index contributed by atoms with van der Waals surface area (Å²) in [7, 11) is 1.92. The van der Waals surface area contributed by atoms with Crippen LogP contribution in [0.5, 0.6) is 0 Å². The number of imidazole rings is 1. The third-order valence-corrected chi connectivity index (χ3v) is 8.74. The first-order valence-electron chi connectivity index (χ1n) is 15.3. The van der Waals surface area contributed by atoms with Crippen molar-refractivity contribution >= 4 is 11.7 Å². The van der Waals surface area contributed by atoms with E-state index in [1.54, 1.807) is 22.9 Å². The Morgan fingerprint density at radius 1 is 1.05 bits per heavy atom. The molecule has 0 radical (unpaired) electrons. The first-order chi connectivity index (χ1) is 21.0. The highest BCUT2D eigenvalue weighted by atomic mass is 16.2. The molecule has 1 saturated heterocycles. The van der Waals surface area contributed by atoms with Gasteiger partial charge in [0.1, 0.15) is 17.2 Å². The second-order valence-electron chi connectivity index (χ2n) is 12.2. The molecule has 0 atom stereocenters. The second-order valence-corrected chi connectivity index (χ2v) is 12.2. The van der Waals surface area contributed by atoms with E-state index in [4.69, 9.17) is 4.98 Å². The van der Waals surface area contributed by atoms with Crippen molar-refractivity contribution in [2.45, 2.75) is 63.5 Å². The topological polar surface area (TPSA) is 109 Å². The summed E-state index contributed by atoms with van der Waals surface area (Å²) in [6, 6.07) is 13.7. The molecule has 0 unspecified atom stereocenters. The van der Waals surface area contributed by atoms with Gasteiger partial charge >= 0.3 is 0 Å². The van der Waals surface area contributed by atoms with Crippen molar-refractivity contribution in [2.75, 3.05) is 18.4 Å². The van der Waals surface area contributed by atoms with Crippen LogP contribution in [0.4, 0.5) is 5.82 Å². The molecule has 1 aliphatic heterocycles. The molecular formula is C34H35N7O2. The molecule has 2 saturated carbocycles. The van der Waals surface area contributed by atoms with E-state index in [1.165, 1.54) is 19.3 Å². The minimum absolute atomic E-state index is 0.161. The molecule has 43 heavy (non-hydrogen) atoms. The molecule has 3 aliphatic rings. The fraction of sp³-hybridized carbons (Fsp3) is 0.382. The molecule has 1 aromatic carbocycles. The molecule has 218 valence electrons. The van der Waals surface area contributed by atoms with Crippen LogP contribution in [-0.2, 0) is 13.6 Å². The average molecular weight is 574 g/mol. The van der Waals surface area contributed by atoms with Gasteiger partial charge in [-0.1, -0.05) is 12.5 Å². The maximum absolute atomic E-state index is 13.8. The summed E-state index contributed by atoms with van der Waals surface area (Å²) in [5.41, 5.74) is 4.97. The van der Waals surface area contributed by atoms with Crippen molar-refractivity contribution in [2.24, 2.45) is 7.05 Å². The number of nitrogens with zero attached hydrogens (tertiary/aromatic N) is 6. The molecule has 0 spiro atoms. The third-order valence-electron chi connectivity index (χ3n) is 8.74. The van der Waals surface area contributed by atoms with Crippen LogP contribution in [0.3, 0.4) is 0 Å². The molecule has 2 aliphatic carbocycles. The fourth-order valence-corrected chi connectivity index (χ4v) is 6.13. The average Bonchev–Trinajstić information content (AvgIpc) is 3.96. The number of pyridine rings is 2. The molecule has 9 heteroatoms. The third kappa shape index (κ3) is 5.75. The molecule has 3 fully saturated rings. The van der Waals surface area contributed by atoms with Crippen LogP contribution in [-0.4, -0.2) is 43.0 Å². The van der Waals surface area contributed by atoms with Crippen LogP contribution in [0.1, 0.15) is 84.1 Å². The Balaban J connectivity index is 1.25. The number of benzene rings is 1. The van der Waals surface area contributed by atoms with Gasteiger partial charge in [-0.2, -0.15) is 5.26 Å². The zero-order valence-electron chi connectivity index (χ0n) is 24.4. The number of aromatic nitrogens is 4. The Labute approximate surface area is 250 Å². The van der Waals surface area contributed by atoms with E-state index in [-0.39, 0.29) is 17.2 Å². The summed E-state index contributed by atoms with van der Waals surface area (Å²) in [4.78, 5) is 39.0. The number of carbonyl (C=O) groups is 1. The predicted octanol–water partition coefficient (Wildman–Crippen LogP) is 5.63. The fourth-order valence-electron chi connectivity index (χ4n) is 6.13.